The van der Waals surface area contributed by atoms with Crippen LogP contribution in [0.4, 0.5) is 5.95 Å². The maximum Gasteiger partial charge on any atom is 0.203 e. The molecule has 3 aromatic rings. The van der Waals surface area contributed by atoms with E-state index in [-0.39, 0.29) is 0 Å². The van der Waals surface area contributed by atoms with E-state index in [0.29, 0.717) is 6.54 Å². The number of hydrogen-bond donors (Lipinski definition) is 2. The maximum absolute atomic E-state index is 5.92. The average Bonchev–Trinajstić information content (AvgIpc) is 3.10. The first-order valence-electron chi connectivity index (χ1n) is 6.74. The van der Waals surface area contributed by atoms with Crippen molar-refractivity contribution in [2.75, 3.05) is 11.9 Å². The third kappa shape index (κ3) is 1.61. The van der Waals surface area contributed by atoms with E-state index in [0.717, 1.165) is 53.5 Å². The summed E-state index contributed by atoms with van der Waals surface area (Å²) < 4.78 is 7.53. The Labute approximate surface area is 115 Å². The molecule has 1 aliphatic heterocycles. The van der Waals surface area contributed by atoms with Gasteiger partial charge >= 0.3 is 0 Å². The van der Waals surface area contributed by atoms with Crippen molar-refractivity contribution in [1.29, 1.82) is 0 Å². The van der Waals surface area contributed by atoms with Crippen LogP contribution in [0.1, 0.15) is 12.1 Å². The summed E-state index contributed by atoms with van der Waals surface area (Å²) in [5, 5.41) is 3.32. The first-order chi connectivity index (χ1) is 9.86. The SMILES string of the molecule is NCc1c(-c2ccc3ncoc3c2)nc2n1CCCN2. The first kappa shape index (κ1) is 11.5. The fraction of sp³-hybridized carbons (Fsp3) is 0.286. The van der Waals surface area contributed by atoms with Crippen LogP contribution in [-0.4, -0.2) is 21.1 Å². The molecule has 1 aromatic carbocycles. The summed E-state index contributed by atoms with van der Waals surface area (Å²) in [4.78, 5) is 8.82. The molecule has 0 amide bonds. The average molecular weight is 269 g/mol. The van der Waals surface area contributed by atoms with Crippen molar-refractivity contribution in [2.45, 2.75) is 19.5 Å². The number of oxazole rings is 1. The van der Waals surface area contributed by atoms with Gasteiger partial charge in [-0.3, -0.25) is 0 Å². The van der Waals surface area contributed by atoms with Crippen molar-refractivity contribution >= 4 is 17.0 Å². The number of nitrogens with zero attached hydrogens (tertiary/aromatic N) is 3. The van der Waals surface area contributed by atoms with Crippen LogP contribution < -0.4 is 11.1 Å². The van der Waals surface area contributed by atoms with E-state index in [1.807, 2.05) is 18.2 Å². The molecule has 102 valence electrons. The van der Waals surface area contributed by atoms with Crippen LogP contribution >= 0.6 is 0 Å². The van der Waals surface area contributed by atoms with Gasteiger partial charge in [0, 0.05) is 25.2 Å². The molecule has 0 fully saturated rings. The van der Waals surface area contributed by atoms with Crippen LogP contribution in [0.25, 0.3) is 22.4 Å². The van der Waals surface area contributed by atoms with Gasteiger partial charge in [0.1, 0.15) is 5.52 Å². The van der Waals surface area contributed by atoms with Gasteiger partial charge in [0.2, 0.25) is 5.95 Å². The van der Waals surface area contributed by atoms with Crippen LogP contribution in [0.2, 0.25) is 0 Å². The molecule has 6 heteroatoms. The molecule has 4 rings (SSSR count). The van der Waals surface area contributed by atoms with Gasteiger partial charge in [-0.25, -0.2) is 9.97 Å². The van der Waals surface area contributed by atoms with Crippen molar-refractivity contribution in [2.24, 2.45) is 5.73 Å². The third-order valence-electron chi connectivity index (χ3n) is 3.71. The lowest BCUT2D eigenvalue weighted by atomic mass is 10.1. The van der Waals surface area contributed by atoms with E-state index < -0.39 is 0 Å². The van der Waals surface area contributed by atoms with Crippen LogP contribution in [0.5, 0.6) is 0 Å². The lowest BCUT2D eigenvalue weighted by Gasteiger charge is -2.17. The van der Waals surface area contributed by atoms with E-state index in [2.05, 4.69) is 14.9 Å². The minimum absolute atomic E-state index is 0.471. The summed E-state index contributed by atoms with van der Waals surface area (Å²) >= 11 is 0. The van der Waals surface area contributed by atoms with Crippen molar-refractivity contribution in [3.8, 4) is 11.3 Å². The van der Waals surface area contributed by atoms with Gasteiger partial charge in [0.05, 0.1) is 11.4 Å². The maximum atomic E-state index is 5.92. The van der Waals surface area contributed by atoms with Crippen LogP contribution in [0, 0.1) is 0 Å². The Morgan fingerprint density at radius 1 is 1.40 bits per heavy atom. The standard InChI is InChI=1S/C14H15N5O/c15-7-11-13(18-14-16-4-1-5-19(11)14)9-2-3-10-12(6-9)20-8-17-10/h2-3,6,8H,1,4-5,7,15H2,(H,16,18). The monoisotopic (exact) mass is 269 g/mol. The normalized spacial score (nSPS) is 14.2. The van der Waals surface area contributed by atoms with Crippen LogP contribution in [0.15, 0.2) is 29.0 Å². The fourth-order valence-corrected chi connectivity index (χ4v) is 2.74. The second-order valence-electron chi connectivity index (χ2n) is 4.90. The number of nitrogens with two attached hydrogens (primary N) is 1. The summed E-state index contributed by atoms with van der Waals surface area (Å²) in [5.41, 5.74) is 10.5. The predicted molar refractivity (Wildman–Crippen MR) is 76.2 cm³/mol. The molecule has 0 saturated carbocycles. The Hall–Kier alpha value is -2.34. The largest absolute Gasteiger partial charge is 0.443 e. The molecule has 0 bridgehead atoms. The Kier molecular flexibility index (Phi) is 2.50. The second kappa shape index (κ2) is 4.35. The van der Waals surface area contributed by atoms with Gasteiger partial charge in [0.25, 0.3) is 0 Å². The molecule has 6 nitrogen and oxygen atoms in total. The number of rotatable bonds is 2. The number of hydrogen-bond acceptors (Lipinski definition) is 5. The summed E-state index contributed by atoms with van der Waals surface area (Å²) in [6.45, 7) is 2.40. The van der Waals surface area contributed by atoms with Crippen LogP contribution in [0.3, 0.4) is 0 Å². The Morgan fingerprint density at radius 3 is 3.25 bits per heavy atom. The van der Waals surface area contributed by atoms with Gasteiger partial charge in [-0.15, -0.1) is 0 Å². The second-order valence-corrected chi connectivity index (χ2v) is 4.90. The molecule has 0 spiro atoms. The molecule has 0 atom stereocenters. The van der Waals surface area contributed by atoms with E-state index in [4.69, 9.17) is 15.1 Å². The van der Waals surface area contributed by atoms with Gasteiger partial charge in [0.15, 0.2) is 12.0 Å². The highest BCUT2D eigenvalue weighted by Gasteiger charge is 2.19. The van der Waals surface area contributed by atoms with Crippen molar-refractivity contribution in [1.82, 2.24) is 14.5 Å². The third-order valence-corrected chi connectivity index (χ3v) is 3.71. The molecule has 0 saturated heterocycles. The molecule has 0 unspecified atom stereocenters. The number of fused-ring (bicyclic) bond motifs is 2. The van der Waals surface area contributed by atoms with Crippen molar-refractivity contribution in [3.63, 3.8) is 0 Å². The minimum atomic E-state index is 0.471. The zero-order valence-electron chi connectivity index (χ0n) is 11.0. The van der Waals surface area contributed by atoms with Crippen LogP contribution in [-0.2, 0) is 13.1 Å². The molecule has 20 heavy (non-hydrogen) atoms. The van der Waals surface area contributed by atoms with Gasteiger partial charge < -0.3 is 20.0 Å². The highest BCUT2D eigenvalue weighted by Crippen LogP contribution is 2.30. The molecular weight excluding hydrogens is 254 g/mol. The fourth-order valence-electron chi connectivity index (χ4n) is 2.74. The van der Waals surface area contributed by atoms with E-state index in [1.165, 1.54) is 6.39 Å². The topological polar surface area (TPSA) is 81.9 Å². The van der Waals surface area contributed by atoms with E-state index in [1.54, 1.807) is 0 Å². The smallest absolute Gasteiger partial charge is 0.203 e. The van der Waals surface area contributed by atoms with Gasteiger partial charge in [-0.1, -0.05) is 6.07 Å². The van der Waals surface area contributed by atoms with E-state index in [9.17, 15) is 0 Å². The zero-order chi connectivity index (χ0) is 13.5. The van der Waals surface area contributed by atoms with Gasteiger partial charge in [-0.05, 0) is 18.6 Å². The summed E-state index contributed by atoms with van der Waals surface area (Å²) in [7, 11) is 0. The molecule has 3 N–H and O–H groups in total. The summed E-state index contributed by atoms with van der Waals surface area (Å²) in [6.07, 6.45) is 2.55. The molecule has 0 radical (unpaired) electrons. The highest BCUT2D eigenvalue weighted by molar-refractivity contribution is 5.80. The minimum Gasteiger partial charge on any atom is -0.443 e. The molecular formula is C14H15N5O. The number of anilines is 1. The number of aromatic nitrogens is 3. The number of nitrogens with one attached hydrogen (secondary N) is 1. The summed E-state index contributed by atoms with van der Waals surface area (Å²) in [5.74, 6) is 0.907. The lowest BCUT2D eigenvalue weighted by Crippen LogP contribution is -2.19. The first-order valence-corrected chi connectivity index (χ1v) is 6.74. The number of imidazole rings is 1. The van der Waals surface area contributed by atoms with E-state index >= 15 is 0 Å². The Bertz CT molecular complexity index is 773. The van der Waals surface area contributed by atoms with Crippen molar-refractivity contribution in [3.05, 3.63) is 30.3 Å². The summed E-state index contributed by atoms with van der Waals surface area (Å²) in [6, 6.07) is 5.93. The number of benzene rings is 1. The van der Waals surface area contributed by atoms with Crippen molar-refractivity contribution < 1.29 is 4.42 Å². The quantitative estimate of drug-likeness (QED) is 0.743. The van der Waals surface area contributed by atoms with Gasteiger partial charge in [-0.2, -0.15) is 0 Å². The lowest BCUT2D eigenvalue weighted by molar-refractivity contribution is 0.602. The molecule has 1 aliphatic rings. The predicted octanol–water partition coefficient (Wildman–Crippen LogP) is 1.97. The molecule has 3 heterocycles. The Morgan fingerprint density at radius 2 is 2.35 bits per heavy atom. The molecule has 2 aromatic heterocycles. The highest BCUT2D eigenvalue weighted by atomic mass is 16.3. The zero-order valence-corrected chi connectivity index (χ0v) is 11.0. The molecule has 0 aliphatic carbocycles. The Balaban J connectivity index is 1.90.